The minimum Gasteiger partial charge on any atom is -0.299 e. The highest BCUT2D eigenvalue weighted by atomic mass is 32.1. The van der Waals surface area contributed by atoms with Crippen molar-refractivity contribution in [3.8, 4) is 11.4 Å². The molecule has 0 aliphatic heterocycles. The van der Waals surface area contributed by atoms with Gasteiger partial charge in [0.1, 0.15) is 0 Å². The first-order valence-electron chi connectivity index (χ1n) is 5.71. The van der Waals surface area contributed by atoms with Crippen molar-refractivity contribution in [1.29, 1.82) is 0 Å². The standard InChI is InChI=1S/C15H12N2S/c18-15-9-5-4-8-14(15)17-11-10-16(12-17)13-6-2-1-3-7-13/h1-11,18H. The van der Waals surface area contributed by atoms with Crippen molar-refractivity contribution in [2.24, 2.45) is 0 Å². The van der Waals surface area contributed by atoms with Crippen molar-refractivity contribution in [2.75, 3.05) is 0 Å². The molecule has 0 amide bonds. The van der Waals surface area contributed by atoms with E-state index in [2.05, 4.69) is 19.0 Å². The minimum absolute atomic E-state index is 0.935. The van der Waals surface area contributed by atoms with Gasteiger partial charge < -0.3 is 0 Å². The second-order valence-electron chi connectivity index (χ2n) is 3.96. The van der Waals surface area contributed by atoms with Crippen LogP contribution in [0.5, 0.6) is 0 Å². The van der Waals surface area contributed by atoms with E-state index in [9.17, 15) is 0 Å². The molecule has 0 N–H and O–H groups in total. The van der Waals surface area contributed by atoms with Crippen molar-refractivity contribution in [1.82, 2.24) is 4.57 Å². The monoisotopic (exact) mass is 252 g/mol. The van der Waals surface area contributed by atoms with Crippen molar-refractivity contribution >= 4 is 12.6 Å². The maximum Gasteiger partial charge on any atom is 0.268 e. The van der Waals surface area contributed by atoms with Crippen LogP contribution in [0.25, 0.3) is 11.4 Å². The van der Waals surface area contributed by atoms with E-state index in [1.165, 1.54) is 0 Å². The first-order chi connectivity index (χ1) is 8.84. The molecule has 0 saturated carbocycles. The lowest BCUT2D eigenvalue weighted by Gasteiger charge is -2.04. The Bertz CT molecular complexity index is 659. The molecule has 0 unspecified atom stereocenters. The van der Waals surface area contributed by atoms with E-state index in [1.807, 2.05) is 76.1 Å². The Balaban J connectivity index is 2.03. The van der Waals surface area contributed by atoms with Gasteiger partial charge in [-0.25, -0.2) is 0 Å². The summed E-state index contributed by atoms with van der Waals surface area (Å²) in [5, 5.41) is 0. The number of nitrogens with zero attached hydrogens (tertiary/aromatic N) is 2. The quantitative estimate of drug-likeness (QED) is 0.408. The van der Waals surface area contributed by atoms with Crippen LogP contribution >= 0.6 is 12.6 Å². The van der Waals surface area contributed by atoms with Crippen molar-refractivity contribution in [2.45, 2.75) is 4.90 Å². The van der Waals surface area contributed by atoms with Crippen LogP contribution in [0.4, 0.5) is 0 Å². The third-order valence-electron chi connectivity index (χ3n) is 2.76. The fraction of sp³-hybridized carbons (Fsp3) is 0. The number of benzene rings is 2. The summed E-state index contributed by atoms with van der Waals surface area (Å²) in [5.41, 5.74) is 2.11. The van der Waals surface area contributed by atoms with Crippen molar-refractivity contribution < 1.29 is 4.57 Å². The third-order valence-corrected chi connectivity index (χ3v) is 3.13. The Morgan fingerprint density at radius 3 is 2.44 bits per heavy atom. The molecule has 0 fully saturated rings. The van der Waals surface area contributed by atoms with Crippen LogP contribution in [0.15, 0.2) is 71.9 Å². The van der Waals surface area contributed by atoms with Crippen molar-refractivity contribution in [3.63, 3.8) is 0 Å². The van der Waals surface area contributed by atoms with Crippen LogP contribution in [0.2, 0.25) is 0 Å². The van der Waals surface area contributed by atoms with Crippen LogP contribution in [-0.2, 0) is 0 Å². The van der Waals surface area contributed by atoms with Gasteiger partial charge in [-0.2, -0.15) is 0 Å². The Morgan fingerprint density at radius 2 is 1.67 bits per heavy atom. The highest BCUT2D eigenvalue weighted by Gasteiger charge is 2.04. The lowest BCUT2D eigenvalue weighted by atomic mass is 10.3. The molecule has 88 valence electrons. The zero-order valence-electron chi connectivity index (χ0n) is 9.69. The van der Waals surface area contributed by atoms with Gasteiger partial charge in [0.2, 0.25) is 0 Å². The lowest BCUT2D eigenvalue weighted by molar-refractivity contribution is -0.601. The van der Waals surface area contributed by atoms with Gasteiger partial charge >= 0.3 is 0 Å². The van der Waals surface area contributed by atoms with E-state index in [0.717, 1.165) is 16.3 Å². The van der Waals surface area contributed by atoms with Gasteiger partial charge in [0.25, 0.3) is 6.33 Å². The van der Waals surface area contributed by atoms with E-state index >= 15 is 0 Å². The molecule has 0 aliphatic carbocycles. The number of hydrogen-bond donors (Lipinski definition) is 1. The maximum absolute atomic E-state index is 4.46. The van der Waals surface area contributed by atoms with E-state index in [1.54, 1.807) is 0 Å². The Morgan fingerprint density at radius 1 is 0.944 bits per heavy atom. The number of thiol groups is 1. The molecule has 3 heteroatoms. The van der Waals surface area contributed by atoms with E-state index in [-0.39, 0.29) is 0 Å². The van der Waals surface area contributed by atoms with E-state index < -0.39 is 0 Å². The number of hydrogen-bond acceptors (Lipinski definition) is 1. The second-order valence-corrected chi connectivity index (χ2v) is 4.44. The highest BCUT2D eigenvalue weighted by Crippen LogP contribution is 2.13. The first-order valence-corrected chi connectivity index (χ1v) is 6.15. The first kappa shape index (κ1) is 11.1. The lowest BCUT2D eigenvalue weighted by Crippen LogP contribution is -2.28. The van der Waals surface area contributed by atoms with Gasteiger partial charge in [0.15, 0.2) is 0 Å². The largest absolute Gasteiger partial charge is 0.299 e. The molecule has 0 spiro atoms. The summed E-state index contributed by atoms with van der Waals surface area (Å²) in [4.78, 5) is 0.935. The minimum atomic E-state index is 0.935. The zero-order chi connectivity index (χ0) is 12.4. The maximum atomic E-state index is 4.46. The fourth-order valence-corrected chi connectivity index (χ4v) is 2.12. The summed E-state index contributed by atoms with van der Waals surface area (Å²) in [7, 11) is 0. The summed E-state index contributed by atoms with van der Waals surface area (Å²) in [6.07, 6.45) is 7.23. The molecule has 0 radical (unpaired) electrons. The van der Waals surface area contributed by atoms with Gasteiger partial charge in [-0.1, -0.05) is 36.4 Å². The van der Waals surface area contributed by atoms with E-state index in [0.29, 0.717) is 0 Å². The highest BCUT2D eigenvalue weighted by molar-refractivity contribution is 7.80. The third kappa shape index (κ3) is 2.05. The molecule has 2 nitrogen and oxygen atoms in total. The van der Waals surface area contributed by atoms with Crippen LogP contribution in [0.1, 0.15) is 0 Å². The number of para-hydroxylation sites is 2. The van der Waals surface area contributed by atoms with Gasteiger partial charge in [-0.05, 0) is 18.2 Å². The summed E-state index contributed by atoms with van der Waals surface area (Å²) in [6.45, 7) is 0. The summed E-state index contributed by atoms with van der Waals surface area (Å²) in [6, 6.07) is 18.1. The summed E-state index contributed by atoms with van der Waals surface area (Å²) < 4.78 is 3.90. The molecule has 0 saturated heterocycles. The Hall–Kier alpha value is -2.00. The van der Waals surface area contributed by atoms with Crippen LogP contribution in [-0.4, -0.2) is 4.57 Å². The molecule has 0 bridgehead atoms. The molecule has 1 heterocycles. The fourth-order valence-electron chi connectivity index (χ4n) is 1.85. The average Bonchev–Trinajstić information content (AvgIpc) is 2.90. The second kappa shape index (κ2) is 4.70. The molecule has 3 rings (SSSR count). The predicted molar refractivity (Wildman–Crippen MR) is 73.4 cm³/mol. The van der Waals surface area contributed by atoms with Gasteiger partial charge in [0, 0.05) is 17.3 Å². The Kier molecular flexibility index (Phi) is 2.90. The molecular formula is C15H12N2S. The number of aromatic nitrogens is 2. The predicted octanol–water partition coefficient (Wildman–Crippen LogP) is 2.84. The molecule has 1 aromatic heterocycles. The molecular weight excluding hydrogens is 240 g/mol. The van der Waals surface area contributed by atoms with Gasteiger partial charge in [0.05, 0.1) is 11.4 Å². The SMILES string of the molecule is Sc1ccccc1-[n+]1[c-]n(-c2ccccc2)cc1. The summed E-state index contributed by atoms with van der Waals surface area (Å²) in [5.74, 6) is 0. The zero-order valence-corrected chi connectivity index (χ0v) is 10.6. The topological polar surface area (TPSA) is 8.81 Å². The van der Waals surface area contributed by atoms with Crippen LogP contribution < -0.4 is 4.57 Å². The summed E-state index contributed by atoms with van der Waals surface area (Å²) >= 11 is 4.46. The van der Waals surface area contributed by atoms with Gasteiger partial charge in [-0.15, -0.1) is 12.6 Å². The molecule has 18 heavy (non-hydrogen) atoms. The average molecular weight is 252 g/mol. The number of imidazole rings is 1. The smallest absolute Gasteiger partial charge is 0.268 e. The van der Waals surface area contributed by atoms with Crippen LogP contribution in [0, 0.1) is 6.33 Å². The Labute approximate surface area is 112 Å². The van der Waals surface area contributed by atoms with E-state index in [4.69, 9.17) is 0 Å². The number of rotatable bonds is 2. The van der Waals surface area contributed by atoms with Crippen LogP contribution in [0.3, 0.4) is 0 Å². The van der Waals surface area contributed by atoms with Gasteiger partial charge in [-0.3, -0.25) is 9.13 Å². The normalized spacial score (nSPS) is 10.5. The van der Waals surface area contributed by atoms with Crippen molar-refractivity contribution in [3.05, 3.63) is 73.3 Å². The molecule has 0 aliphatic rings. The molecule has 2 aromatic carbocycles. The molecule has 3 aromatic rings. The molecule has 0 atom stereocenters.